The summed E-state index contributed by atoms with van der Waals surface area (Å²) >= 11 is 0. The number of benzene rings is 2. The number of aliphatic carboxylic acids is 2. The molecule has 1 aliphatic rings. The number of carboxylic acids is 2. The molecule has 6 rings (SSSR count). The molecule has 5 aromatic rings. The highest BCUT2D eigenvalue weighted by Gasteiger charge is 2.39. The molecule has 24 heteroatoms. The molecule has 5 N–H and O–H groups in total. The maximum Gasteiger partial charge on any atom is 0.490 e. The SMILES string of the molecule is Nc1noc2ccc(-n3nc(C(F)(F)F)cc3C(=O)Nc3ccc(-n4ccnc4CN4CCCC4)cc3F)cc12.O=C(O)C(F)(F)F.O=C(O)C(F)(F)F. The van der Waals surface area contributed by atoms with Crippen LogP contribution in [0.25, 0.3) is 22.3 Å². The van der Waals surface area contributed by atoms with Crippen LogP contribution in [0.2, 0.25) is 0 Å². The van der Waals surface area contributed by atoms with E-state index in [1.54, 1.807) is 23.0 Å². The number of carbonyl (C=O) groups is 3. The maximum atomic E-state index is 15.2. The summed E-state index contributed by atoms with van der Waals surface area (Å²) in [6, 6.07) is 9.00. The van der Waals surface area contributed by atoms with Crippen LogP contribution in [0, 0.1) is 5.82 Å². The zero-order valence-electron chi connectivity index (χ0n) is 26.8. The fraction of sp³-hybridized carbons (Fsp3) is 0.267. The summed E-state index contributed by atoms with van der Waals surface area (Å²) < 4.78 is 127. The van der Waals surface area contributed by atoms with Crippen molar-refractivity contribution in [3.05, 3.63) is 77.9 Å². The monoisotopic (exact) mass is 782 g/mol. The van der Waals surface area contributed by atoms with Crippen LogP contribution in [0.5, 0.6) is 0 Å². The summed E-state index contributed by atoms with van der Waals surface area (Å²) in [4.78, 5) is 37.6. The van der Waals surface area contributed by atoms with Crippen LogP contribution in [0.3, 0.4) is 0 Å². The van der Waals surface area contributed by atoms with Gasteiger partial charge in [0.25, 0.3) is 5.91 Å². The van der Waals surface area contributed by atoms with E-state index in [0.29, 0.717) is 29.3 Å². The van der Waals surface area contributed by atoms with E-state index in [4.69, 9.17) is 30.1 Å². The number of carbonyl (C=O) groups excluding carboxylic acids is 1. The van der Waals surface area contributed by atoms with Gasteiger partial charge in [-0.1, -0.05) is 5.16 Å². The largest absolute Gasteiger partial charge is 0.490 e. The van der Waals surface area contributed by atoms with Crippen molar-refractivity contribution in [3.63, 3.8) is 0 Å². The Balaban J connectivity index is 0.000000396. The summed E-state index contributed by atoms with van der Waals surface area (Å²) in [5, 5.41) is 24.1. The van der Waals surface area contributed by atoms with Crippen molar-refractivity contribution in [2.75, 3.05) is 24.1 Å². The fourth-order valence-corrected chi connectivity index (χ4v) is 4.72. The predicted molar refractivity (Wildman–Crippen MR) is 164 cm³/mol. The molecule has 290 valence electrons. The molecule has 4 heterocycles. The second-order valence-corrected chi connectivity index (χ2v) is 11.0. The summed E-state index contributed by atoms with van der Waals surface area (Å²) in [7, 11) is 0. The quantitative estimate of drug-likeness (QED) is 0.146. The van der Waals surface area contributed by atoms with Crippen LogP contribution in [0.1, 0.15) is 34.8 Å². The van der Waals surface area contributed by atoms with Crippen molar-refractivity contribution < 1.29 is 73.0 Å². The van der Waals surface area contributed by atoms with Gasteiger partial charge in [0.2, 0.25) is 0 Å². The van der Waals surface area contributed by atoms with Crippen molar-refractivity contribution in [2.45, 2.75) is 37.9 Å². The summed E-state index contributed by atoms with van der Waals surface area (Å²) in [6.07, 6.45) is -9.41. The number of nitrogens with one attached hydrogen (secondary N) is 1. The number of hydrogen-bond acceptors (Lipinski definition) is 9. The zero-order chi connectivity index (χ0) is 40.2. The van der Waals surface area contributed by atoms with E-state index in [0.717, 1.165) is 36.4 Å². The second-order valence-electron chi connectivity index (χ2n) is 11.0. The number of rotatable bonds is 6. The van der Waals surface area contributed by atoms with Gasteiger partial charge in [0.05, 0.1) is 23.3 Å². The first-order valence-electron chi connectivity index (χ1n) is 14.8. The number of likely N-dealkylation sites (tertiary alicyclic amines) is 1. The lowest BCUT2D eigenvalue weighted by Gasteiger charge is -2.16. The minimum atomic E-state index is -5.08. The highest BCUT2D eigenvalue weighted by atomic mass is 19.4. The molecule has 1 aliphatic heterocycles. The van der Waals surface area contributed by atoms with Gasteiger partial charge in [0, 0.05) is 30.2 Å². The van der Waals surface area contributed by atoms with E-state index < -0.39 is 53.6 Å². The van der Waals surface area contributed by atoms with E-state index in [2.05, 4.69) is 25.5 Å². The molecule has 0 radical (unpaired) electrons. The Labute approximate surface area is 294 Å². The van der Waals surface area contributed by atoms with Gasteiger partial charge in [0.1, 0.15) is 17.3 Å². The van der Waals surface area contributed by atoms with Crippen LogP contribution < -0.4 is 11.1 Å². The number of nitrogens with two attached hydrogens (primary N) is 1. The number of carboxylic acid groups (broad SMARTS) is 2. The highest BCUT2D eigenvalue weighted by molar-refractivity contribution is 6.04. The Morgan fingerprint density at radius 2 is 1.46 bits per heavy atom. The van der Waals surface area contributed by atoms with Crippen LogP contribution >= 0.6 is 0 Å². The smallest absolute Gasteiger partial charge is 0.475 e. The average Bonchev–Trinajstić information content (AvgIpc) is 3.90. The van der Waals surface area contributed by atoms with Crippen molar-refractivity contribution >= 4 is 40.3 Å². The van der Waals surface area contributed by atoms with Gasteiger partial charge in [-0.25, -0.2) is 23.6 Å². The van der Waals surface area contributed by atoms with Crippen LogP contribution in [0.4, 0.5) is 55.4 Å². The lowest BCUT2D eigenvalue weighted by molar-refractivity contribution is -0.193. The minimum Gasteiger partial charge on any atom is -0.475 e. The molecule has 0 saturated carbocycles. The number of nitrogens with zero attached hydrogens (tertiary/aromatic N) is 6. The first-order valence-corrected chi connectivity index (χ1v) is 14.8. The number of halogens is 10. The normalized spacial score (nSPS) is 13.5. The molecular weight excluding hydrogens is 758 g/mol. The van der Waals surface area contributed by atoms with Gasteiger partial charge in [-0.2, -0.15) is 44.6 Å². The number of aromatic nitrogens is 5. The zero-order valence-corrected chi connectivity index (χ0v) is 26.8. The highest BCUT2D eigenvalue weighted by Crippen LogP contribution is 2.31. The van der Waals surface area contributed by atoms with E-state index in [1.807, 2.05) is 0 Å². The fourth-order valence-electron chi connectivity index (χ4n) is 4.72. The molecule has 0 aliphatic carbocycles. The standard InChI is InChI=1S/C26H22F4N8O2.2C2HF3O2/c27-18-12-15(37-10-7-32-23(37)14-36-8-1-2-9-36)3-5-19(18)33-25(39)20-13-22(26(28,29)30)34-38(20)16-4-6-21-17(11-16)24(31)35-40-21;2*3-2(4,5)1(6)7/h3-7,10-13H,1-2,8-9,14H2,(H2,31,35)(H,33,39);2*(H,6,7). The van der Waals surface area contributed by atoms with Gasteiger partial charge in [-0.05, 0) is 56.3 Å². The number of nitrogen functional groups attached to an aromatic ring is 1. The molecule has 2 aromatic carbocycles. The average molecular weight is 783 g/mol. The van der Waals surface area contributed by atoms with E-state index in [9.17, 15) is 44.3 Å². The van der Waals surface area contributed by atoms with E-state index >= 15 is 4.39 Å². The summed E-state index contributed by atoms with van der Waals surface area (Å²) in [5.41, 5.74) is 4.69. The Hall–Kier alpha value is -6.20. The Bertz CT molecular complexity index is 2110. The second kappa shape index (κ2) is 15.8. The van der Waals surface area contributed by atoms with Gasteiger partial charge >= 0.3 is 30.5 Å². The molecule has 0 spiro atoms. The molecular formula is C30H24F10N8O6. The third-order valence-corrected chi connectivity index (χ3v) is 7.20. The van der Waals surface area contributed by atoms with Crippen LogP contribution in [0.15, 0.2) is 59.4 Å². The summed E-state index contributed by atoms with van der Waals surface area (Å²) in [5.74, 6) is -6.51. The predicted octanol–water partition coefficient (Wildman–Crippen LogP) is 6.05. The third-order valence-electron chi connectivity index (χ3n) is 7.20. The number of alkyl halides is 9. The number of imidazole rings is 1. The van der Waals surface area contributed by atoms with Crippen LogP contribution in [-0.2, 0) is 22.3 Å². The Morgan fingerprint density at radius 1 is 0.870 bits per heavy atom. The first kappa shape index (κ1) is 40.6. The van der Waals surface area contributed by atoms with Gasteiger partial charge < -0.3 is 30.4 Å². The van der Waals surface area contributed by atoms with Crippen molar-refractivity contribution in [1.82, 2.24) is 29.4 Å². The molecule has 1 amide bonds. The van der Waals surface area contributed by atoms with Gasteiger partial charge in [-0.15, -0.1) is 0 Å². The molecule has 14 nitrogen and oxygen atoms in total. The van der Waals surface area contributed by atoms with E-state index in [1.165, 1.54) is 30.3 Å². The molecule has 1 fully saturated rings. The molecule has 0 unspecified atom stereocenters. The Morgan fingerprint density at radius 3 is 2.02 bits per heavy atom. The van der Waals surface area contributed by atoms with E-state index in [-0.39, 0.29) is 17.2 Å². The van der Waals surface area contributed by atoms with Gasteiger partial charge in [-0.3, -0.25) is 9.69 Å². The van der Waals surface area contributed by atoms with Crippen molar-refractivity contribution in [1.29, 1.82) is 0 Å². The number of anilines is 2. The first-order chi connectivity index (χ1) is 25.1. The lowest BCUT2D eigenvalue weighted by Crippen LogP contribution is -2.21. The molecule has 3 aromatic heterocycles. The minimum absolute atomic E-state index is 0.0229. The van der Waals surface area contributed by atoms with Crippen molar-refractivity contribution in [2.24, 2.45) is 0 Å². The Kier molecular flexibility index (Phi) is 11.9. The van der Waals surface area contributed by atoms with Gasteiger partial charge in [0.15, 0.2) is 17.1 Å². The van der Waals surface area contributed by atoms with Crippen molar-refractivity contribution in [3.8, 4) is 11.4 Å². The maximum absolute atomic E-state index is 15.2. The molecule has 1 saturated heterocycles. The number of hydrogen-bond donors (Lipinski definition) is 4. The number of fused-ring (bicyclic) bond motifs is 1. The molecule has 0 atom stereocenters. The summed E-state index contributed by atoms with van der Waals surface area (Å²) in [6.45, 7) is 2.56. The lowest BCUT2D eigenvalue weighted by atomic mass is 10.2. The van der Waals surface area contributed by atoms with Crippen LogP contribution in [-0.4, -0.2) is 82.9 Å². The number of amides is 1. The topological polar surface area (TPSA) is 195 Å². The molecule has 54 heavy (non-hydrogen) atoms. The molecule has 0 bridgehead atoms. The third kappa shape index (κ3) is 10.0.